The van der Waals surface area contributed by atoms with E-state index in [4.69, 9.17) is 11.6 Å². The van der Waals surface area contributed by atoms with Crippen LogP contribution in [0.5, 0.6) is 0 Å². The van der Waals surface area contributed by atoms with Crippen molar-refractivity contribution in [1.29, 1.82) is 5.26 Å². The van der Waals surface area contributed by atoms with Gasteiger partial charge in [0.15, 0.2) is 0 Å². The number of rotatable bonds is 2. The molecular formula is C17H12ClFN2. The number of aromatic nitrogens is 1. The van der Waals surface area contributed by atoms with Crippen LogP contribution in [0.25, 0.3) is 10.9 Å². The molecule has 1 heterocycles. The molecule has 21 heavy (non-hydrogen) atoms. The number of para-hydroxylation sites is 1. The summed E-state index contributed by atoms with van der Waals surface area (Å²) in [6.07, 6.45) is 0. The molecule has 0 fully saturated rings. The summed E-state index contributed by atoms with van der Waals surface area (Å²) in [4.78, 5) is 0. The first-order chi connectivity index (χ1) is 10.1. The molecule has 0 bridgehead atoms. The molecular weight excluding hydrogens is 287 g/mol. The fourth-order valence-electron chi connectivity index (χ4n) is 2.59. The van der Waals surface area contributed by atoms with Crippen molar-refractivity contribution in [3.05, 3.63) is 70.1 Å². The fourth-order valence-corrected chi connectivity index (χ4v) is 2.88. The topological polar surface area (TPSA) is 28.7 Å². The van der Waals surface area contributed by atoms with Gasteiger partial charge in [0.05, 0.1) is 11.1 Å². The van der Waals surface area contributed by atoms with Crippen molar-refractivity contribution in [2.75, 3.05) is 0 Å². The zero-order valence-corrected chi connectivity index (χ0v) is 12.2. The van der Waals surface area contributed by atoms with Crippen LogP contribution < -0.4 is 0 Å². The third kappa shape index (κ3) is 2.28. The molecule has 0 spiro atoms. The van der Waals surface area contributed by atoms with E-state index in [1.165, 1.54) is 12.1 Å². The Kier molecular flexibility index (Phi) is 3.40. The number of hydrogen-bond donors (Lipinski definition) is 0. The highest BCUT2D eigenvalue weighted by Gasteiger charge is 2.16. The summed E-state index contributed by atoms with van der Waals surface area (Å²) in [7, 11) is 0. The van der Waals surface area contributed by atoms with Gasteiger partial charge in [0.1, 0.15) is 17.0 Å². The molecule has 0 radical (unpaired) electrons. The van der Waals surface area contributed by atoms with E-state index in [2.05, 4.69) is 6.07 Å². The standard InChI is InChI=1S/C17H12ClFN2/c1-11-3-2-4-14-15(9-20)17(18)21(16(11)14)10-12-5-7-13(19)8-6-12/h2-8H,10H2,1H3. The summed E-state index contributed by atoms with van der Waals surface area (Å²) in [5, 5.41) is 10.6. The van der Waals surface area contributed by atoms with E-state index in [9.17, 15) is 9.65 Å². The van der Waals surface area contributed by atoms with Gasteiger partial charge < -0.3 is 4.57 Å². The van der Waals surface area contributed by atoms with Gasteiger partial charge in [-0.2, -0.15) is 5.26 Å². The van der Waals surface area contributed by atoms with Crippen LogP contribution in [0.2, 0.25) is 5.15 Å². The van der Waals surface area contributed by atoms with Crippen LogP contribution in [0.1, 0.15) is 16.7 Å². The average molecular weight is 299 g/mol. The first kappa shape index (κ1) is 13.7. The molecule has 104 valence electrons. The van der Waals surface area contributed by atoms with Crippen LogP contribution in [-0.2, 0) is 6.54 Å². The molecule has 0 aliphatic carbocycles. The summed E-state index contributed by atoms with van der Waals surface area (Å²) in [6, 6.07) is 14.3. The second kappa shape index (κ2) is 5.23. The van der Waals surface area contributed by atoms with E-state index in [0.29, 0.717) is 17.3 Å². The molecule has 2 aromatic carbocycles. The monoisotopic (exact) mass is 298 g/mol. The number of nitriles is 1. The maximum Gasteiger partial charge on any atom is 0.128 e. The first-order valence-electron chi connectivity index (χ1n) is 6.53. The molecule has 0 N–H and O–H groups in total. The zero-order chi connectivity index (χ0) is 15.0. The smallest absolute Gasteiger partial charge is 0.128 e. The lowest BCUT2D eigenvalue weighted by molar-refractivity contribution is 0.626. The molecule has 3 rings (SSSR count). The highest BCUT2D eigenvalue weighted by atomic mass is 35.5. The van der Waals surface area contributed by atoms with Gasteiger partial charge in [-0.1, -0.05) is 41.9 Å². The first-order valence-corrected chi connectivity index (χ1v) is 6.91. The van der Waals surface area contributed by atoms with Crippen LogP contribution in [-0.4, -0.2) is 4.57 Å². The summed E-state index contributed by atoms with van der Waals surface area (Å²) < 4.78 is 14.9. The minimum atomic E-state index is -0.267. The normalized spacial score (nSPS) is 10.8. The van der Waals surface area contributed by atoms with Gasteiger partial charge in [0.2, 0.25) is 0 Å². The third-order valence-electron chi connectivity index (χ3n) is 3.59. The minimum absolute atomic E-state index is 0.267. The lowest BCUT2D eigenvalue weighted by Crippen LogP contribution is -2.00. The quantitative estimate of drug-likeness (QED) is 0.676. The van der Waals surface area contributed by atoms with Crippen molar-refractivity contribution in [3.8, 4) is 6.07 Å². The second-order valence-electron chi connectivity index (χ2n) is 4.96. The molecule has 0 saturated carbocycles. The number of benzene rings is 2. The fraction of sp³-hybridized carbons (Fsp3) is 0.118. The second-order valence-corrected chi connectivity index (χ2v) is 5.32. The number of hydrogen-bond acceptors (Lipinski definition) is 1. The highest BCUT2D eigenvalue weighted by Crippen LogP contribution is 2.32. The molecule has 2 nitrogen and oxygen atoms in total. The van der Waals surface area contributed by atoms with Crippen molar-refractivity contribution in [2.24, 2.45) is 0 Å². The van der Waals surface area contributed by atoms with Gasteiger partial charge in [-0.25, -0.2) is 4.39 Å². The molecule has 0 aliphatic rings. The van der Waals surface area contributed by atoms with Gasteiger partial charge in [-0.05, 0) is 30.2 Å². The van der Waals surface area contributed by atoms with E-state index in [0.717, 1.165) is 22.0 Å². The Balaban J connectivity index is 2.20. The van der Waals surface area contributed by atoms with E-state index in [1.807, 2.05) is 29.7 Å². The molecule has 3 aromatic rings. The highest BCUT2D eigenvalue weighted by molar-refractivity contribution is 6.32. The minimum Gasteiger partial charge on any atom is -0.326 e. The van der Waals surface area contributed by atoms with E-state index >= 15 is 0 Å². The molecule has 0 unspecified atom stereocenters. The Morgan fingerprint density at radius 2 is 1.90 bits per heavy atom. The van der Waals surface area contributed by atoms with Crippen molar-refractivity contribution >= 4 is 22.5 Å². The number of halogens is 2. The largest absolute Gasteiger partial charge is 0.326 e. The van der Waals surface area contributed by atoms with Crippen molar-refractivity contribution in [2.45, 2.75) is 13.5 Å². The molecule has 0 amide bonds. The molecule has 1 aromatic heterocycles. The summed E-state index contributed by atoms with van der Waals surface area (Å²) in [5.41, 5.74) is 3.42. The summed E-state index contributed by atoms with van der Waals surface area (Å²) in [6.45, 7) is 2.49. The van der Waals surface area contributed by atoms with Gasteiger partial charge >= 0.3 is 0 Å². The summed E-state index contributed by atoms with van der Waals surface area (Å²) >= 11 is 6.37. The zero-order valence-electron chi connectivity index (χ0n) is 11.4. The van der Waals surface area contributed by atoms with Gasteiger partial charge in [0, 0.05) is 11.9 Å². The van der Waals surface area contributed by atoms with Crippen LogP contribution in [0.4, 0.5) is 4.39 Å². The average Bonchev–Trinajstić information content (AvgIpc) is 2.75. The SMILES string of the molecule is Cc1cccc2c(C#N)c(Cl)n(Cc3ccc(F)cc3)c12. The Bertz CT molecular complexity index is 857. The van der Waals surface area contributed by atoms with Gasteiger partial charge in [0.25, 0.3) is 0 Å². The van der Waals surface area contributed by atoms with Crippen molar-refractivity contribution in [3.63, 3.8) is 0 Å². The van der Waals surface area contributed by atoms with Crippen LogP contribution in [0.15, 0.2) is 42.5 Å². The molecule has 0 saturated heterocycles. The van der Waals surface area contributed by atoms with Crippen molar-refractivity contribution < 1.29 is 4.39 Å². The molecule has 0 atom stereocenters. The Morgan fingerprint density at radius 3 is 2.57 bits per heavy atom. The predicted molar refractivity (Wildman–Crippen MR) is 81.9 cm³/mol. The Labute approximate surface area is 127 Å². The van der Waals surface area contributed by atoms with Crippen molar-refractivity contribution in [1.82, 2.24) is 4.57 Å². The molecule has 0 aliphatic heterocycles. The summed E-state index contributed by atoms with van der Waals surface area (Å²) in [5.74, 6) is -0.267. The maximum atomic E-state index is 13.0. The maximum absolute atomic E-state index is 13.0. The van der Waals surface area contributed by atoms with Gasteiger partial charge in [-0.3, -0.25) is 0 Å². The van der Waals surface area contributed by atoms with Crippen LogP contribution in [0, 0.1) is 24.1 Å². The van der Waals surface area contributed by atoms with E-state index in [1.54, 1.807) is 12.1 Å². The lowest BCUT2D eigenvalue weighted by Gasteiger charge is -2.09. The third-order valence-corrected chi connectivity index (χ3v) is 3.98. The number of fused-ring (bicyclic) bond motifs is 1. The predicted octanol–water partition coefficient (Wildman–Crippen LogP) is 4.66. The Hall–Kier alpha value is -2.31. The van der Waals surface area contributed by atoms with Crippen LogP contribution in [0.3, 0.4) is 0 Å². The molecule has 4 heteroatoms. The van der Waals surface area contributed by atoms with E-state index < -0.39 is 0 Å². The lowest BCUT2D eigenvalue weighted by atomic mass is 10.1. The van der Waals surface area contributed by atoms with Gasteiger partial charge in [-0.15, -0.1) is 0 Å². The Morgan fingerprint density at radius 1 is 1.19 bits per heavy atom. The van der Waals surface area contributed by atoms with Crippen LogP contribution >= 0.6 is 11.6 Å². The number of aryl methyl sites for hydroxylation is 1. The van der Waals surface area contributed by atoms with E-state index in [-0.39, 0.29) is 5.82 Å². The number of nitrogens with zero attached hydrogens (tertiary/aromatic N) is 2.